The molecule has 28 heavy (non-hydrogen) atoms. The van der Waals surface area contributed by atoms with E-state index in [0.717, 1.165) is 5.69 Å². The zero-order chi connectivity index (χ0) is 19.9. The number of H-pyrrole nitrogens is 1. The Kier molecular flexibility index (Phi) is 4.42. The third-order valence-corrected chi connectivity index (χ3v) is 4.70. The number of benzene rings is 1. The van der Waals surface area contributed by atoms with Gasteiger partial charge < -0.3 is 9.47 Å². The standard InChI is InChI=1S/C21H21F2N3O2/c1-20(2,3)19-9-17(25-26-19)16-8-18(28-14-6-4-13(22)5-7-14)15(10-24-16)21(23)11-27-12-21/h4-10H,11-12H2,1-3H3,(H,25,26). The van der Waals surface area contributed by atoms with Crippen molar-refractivity contribution in [3.63, 3.8) is 0 Å². The highest BCUT2D eigenvalue weighted by molar-refractivity contribution is 5.59. The fraction of sp³-hybridized carbons (Fsp3) is 0.333. The Hall–Kier alpha value is -2.80. The average molecular weight is 385 g/mol. The smallest absolute Gasteiger partial charge is 0.187 e. The van der Waals surface area contributed by atoms with Gasteiger partial charge in [-0.05, 0) is 30.3 Å². The number of halogens is 2. The van der Waals surface area contributed by atoms with Gasteiger partial charge in [0, 0.05) is 23.4 Å². The van der Waals surface area contributed by atoms with Crippen LogP contribution in [0.1, 0.15) is 32.0 Å². The molecule has 0 atom stereocenters. The molecule has 146 valence electrons. The van der Waals surface area contributed by atoms with Crippen LogP contribution in [0.2, 0.25) is 0 Å². The number of hydrogen-bond donors (Lipinski definition) is 1. The van der Waals surface area contributed by atoms with Gasteiger partial charge in [0.1, 0.15) is 23.0 Å². The summed E-state index contributed by atoms with van der Waals surface area (Å²) in [4.78, 5) is 4.39. The topological polar surface area (TPSA) is 60.0 Å². The summed E-state index contributed by atoms with van der Waals surface area (Å²) in [6, 6.07) is 9.14. The molecule has 4 rings (SSSR count). The quantitative estimate of drug-likeness (QED) is 0.694. The number of aromatic amines is 1. The lowest BCUT2D eigenvalue weighted by Crippen LogP contribution is -2.42. The second-order valence-corrected chi connectivity index (χ2v) is 8.00. The Balaban J connectivity index is 1.73. The van der Waals surface area contributed by atoms with E-state index < -0.39 is 5.67 Å². The minimum Gasteiger partial charge on any atom is -0.457 e. The first kappa shape index (κ1) is 18.6. The van der Waals surface area contributed by atoms with Crippen LogP contribution in [0, 0.1) is 5.82 Å². The van der Waals surface area contributed by atoms with E-state index in [1.54, 1.807) is 6.07 Å². The van der Waals surface area contributed by atoms with Crippen molar-refractivity contribution in [2.24, 2.45) is 0 Å². The molecule has 0 radical (unpaired) electrons. The Bertz CT molecular complexity index is 990. The SMILES string of the molecule is CC(C)(C)c1cc(-c2cc(Oc3ccc(F)cc3)c(C3(F)COC3)cn2)n[nH]1. The Morgan fingerprint density at radius 2 is 1.82 bits per heavy atom. The lowest BCUT2D eigenvalue weighted by atomic mass is 9.92. The largest absolute Gasteiger partial charge is 0.457 e. The predicted octanol–water partition coefficient (Wildman–Crippen LogP) is 4.90. The van der Waals surface area contributed by atoms with Gasteiger partial charge in [-0.1, -0.05) is 20.8 Å². The molecule has 1 aliphatic heterocycles. The third kappa shape index (κ3) is 3.49. The van der Waals surface area contributed by atoms with Crippen LogP contribution >= 0.6 is 0 Å². The van der Waals surface area contributed by atoms with E-state index in [1.807, 2.05) is 6.07 Å². The molecule has 1 saturated heterocycles. The average Bonchev–Trinajstić information content (AvgIpc) is 3.12. The maximum atomic E-state index is 15.0. The van der Waals surface area contributed by atoms with Crippen molar-refractivity contribution >= 4 is 0 Å². The van der Waals surface area contributed by atoms with Gasteiger partial charge in [-0.25, -0.2) is 8.78 Å². The third-order valence-electron chi connectivity index (χ3n) is 4.70. The molecule has 3 heterocycles. The van der Waals surface area contributed by atoms with Crippen molar-refractivity contribution < 1.29 is 18.3 Å². The predicted molar refractivity (Wildman–Crippen MR) is 101 cm³/mol. The lowest BCUT2D eigenvalue weighted by molar-refractivity contribution is -0.136. The normalized spacial score (nSPS) is 15.9. The van der Waals surface area contributed by atoms with Gasteiger partial charge in [-0.15, -0.1) is 0 Å². The molecule has 0 bridgehead atoms. The molecule has 1 N–H and O–H groups in total. The Morgan fingerprint density at radius 1 is 1.11 bits per heavy atom. The van der Waals surface area contributed by atoms with Crippen LogP contribution in [0.5, 0.6) is 11.5 Å². The maximum Gasteiger partial charge on any atom is 0.187 e. The highest BCUT2D eigenvalue weighted by atomic mass is 19.1. The van der Waals surface area contributed by atoms with Gasteiger partial charge in [-0.3, -0.25) is 10.1 Å². The molecule has 5 nitrogen and oxygen atoms in total. The molecule has 0 aliphatic carbocycles. The fourth-order valence-corrected chi connectivity index (χ4v) is 2.90. The molecule has 3 aromatic rings. The summed E-state index contributed by atoms with van der Waals surface area (Å²) in [7, 11) is 0. The summed E-state index contributed by atoms with van der Waals surface area (Å²) in [5.74, 6) is 0.340. The van der Waals surface area contributed by atoms with Crippen LogP contribution in [0.4, 0.5) is 8.78 Å². The van der Waals surface area contributed by atoms with E-state index in [0.29, 0.717) is 28.5 Å². The van der Waals surface area contributed by atoms with Crippen molar-refractivity contribution in [3.05, 3.63) is 59.7 Å². The monoisotopic (exact) mass is 385 g/mol. The summed E-state index contributed by atoms with van der Waals surface area (Å²) in [5.41, 5.74) is 0.713. The van der Waals surface area contributed by atoms with Crippen LogP contribution in [-0.2, 0) is 15.8 Å². The number of aromatic nitrogens is 3. The van der Waals surface area contributed by atoms with E-state index >= 15 is 4.39 Å². The molecule has 0 amide bonds. The van der Waals surface area contributed by atoms with Crippen molar-refractivity contribution in [3.8, 4) is 22.9 Å². The lowest BCUT2D eigenvalue weighted by Gasteiger charge is -2.34. The van der Waals surface area contributed by atoms with Gasteiger partial charge in [-0.2, -0.15) is 5.10 Å². The number of alkyl halides is 1. The van der Waals surface area contributed by atoms with Crippen LogP contribution in [0.25, 0.3) is 11.4 Å². The molecule has 1 fully saturated rings. The van der Waals surface area contributed by atoms with Gasteiger partial charge >= 0.3 is 0 Å². The number of hydrogen-bond acceptors (Lipinski definition) is 4. The number of rotatable bonds is 4. The second kappa shape index (κ2) is 6.67. The zero-order valence-electron chi connectivity index (χ0n) is 15.9. The zero-order valence-corrected chi connectivity index (χ0v) is 15.9. The van der Waals surface area contributed by atoms with E-state index in [1.165, 1.54) is 30.5 Å². The summed E-state index contributed by atoms with van der Waals surface area (Å²) in [5, 5.41) is 7.35. The molecule has 1 aromatic carbocycles. The number of pyridine rings is 1. The number of ether oxygens (including phenoxy) is 2. The van der Waals surface area contributed by atoms with Crippen molar-refractivity contribution in [1.82, 2.24) is 15.2 Å². The van der Waals surface area contributed by atoms with Crippen LogP contribution in [0.3, 0.4) is 0 Å². The van der Waals surface area contributed by atoms with E-state index in [-0.39, 0.29) is 24.4 Å². The molecular weight excluding hydrogens is 364 g/mol. The minimum absolute atomic E-state index is 0.0512. The van der Waals surface area contributed by atoms with Crippen molar-refractivity contribution in [2.75, 3.05) is 13.2 Å². The van der Waals surface area contributed by atoms with Crippen molar-refractivity contribution in [1.29, 1.82) is 0 Å². The van der Waals surface area contributed by atoms with Crippen LogP contribution < -0.4 is 4.74 Å². The Labute approximate surface area is 161 Å². The second-order valence-electron chi connectivity index (χ2n) is 8.00. The fourth-order valence-electron chi connectivity index (χ4n) is 2.90. The van der Waals surface area contributed by atoms with Gasteiger partial charge in [0.2, 0.25) is 0 Å². The summed E-state index contributed by atoms with van der Waals surface area (Å²) >= 11 is 0. The van der Waals surface area contributed by atoms with Gasteiger partial charge in [0.05, 0.1) is 24.5 Å². The van der Waals surface area contributed by atoms with E-state index in [4.69, 9.17) is 9.47 Å². The first-order chi connectivity index (χ1) is 13.2. The maximum absolute atomic E-state index is 15.0. The summed E-state index contributed by atoms with van der Waals surface area (Å²) in [6.07, 6.45) is 1.46. The van der Waals surface area contributed by atoms with Crippen LogP contribution in [-0.4, -0.2) is 28.4 Å². The van der Waals surface area contributed by atoms with E-state index in [9.17, 15) is 4.39 Å². The minimum atomic E-state index is -1.65. The summed E-state index contributed by atoms with van der Waals surface area (Å²) < 4.78 is 39.1. The highest BCUT2D eigenvalue weighted by Crippen LogP contribution is 2.41. The van der Waals surface area contributed by atoms with Crippen molar-refractivity contribution in [2.45, 2.75) is 31.9 Å². The molecular formula is C21H21F2N3O2. The number of nitrogens with one attached hydrogen (secondary N) is 1. The first-order valence-corrected chi connectivity index (χ1v) is 9.01. The first-order valence-electron chi connectivity index (χ1n) is 9.01. The molecule has 0 spiro atoms. The molecule has 2 aromatic heterocycles. The molecule has 7 heteroatoms. The summed E-state index contributed by atoms with van der Waals surface area (Å²) in [6.45, 7) is 6.13. The van der Waals surface area contributed by atoms with Gasteiger partial charge in [0.15, 0.2) is 5.67 Å². The Morgan fingerprint density at radius 3 is 2.39 bits per heavy atom. The van der Waals surface area contributed by atoms with Gasteiger partial charge in [0.25, 0.3) is 0 Å². The van der Waals surface area contributed by atoms with E-state index in [2.05, 4.69) is 36.0 Å². The molecule has 0 unspecified atom stereocenters. The molecule has 1 aliphatic rings. The number of nitrogens with zero attached hydrogens (tertiary/aromatic N) is 2. The molecule has 0 saturated carbocycles. The van der Waals surface area contributed by atoms with Crippen LogP contribution in [0.15, 0.2) is 42.6 Å². The highest BCUT2D eigenvalue weighted by Gasteiger charge is 2.43.